The monoisotopic (exact) mass is 278 g/mol. The van der Waals surface area contributed by atoms with Crippen molar-refractivity contribution in [2.75, 3.05) is 19.6 Å². The molecule has 0 fully saturated rings. The second-order valence-corrected chi connectivity index (χ2v) is 3.87. The Labute approximate surface area is 108 Å². The van der Waals surface area contributed by atoms with Gasteiger partial charge < -0.3 is 10.6 Å². The summed E-state index contributed by atoms with van der Waals surface area (Å²) >= 11 is 0. The van der Waals surface area contributed by atoms with Gasteiger partial charge in [-0.1, -0.05) is 0 Å². The summed E-state index contributed by atoms with van der Waals surface area (Å²) in [4.78, 5) is 13.1. The maximum atomic E-state index is 13.5. The van der Waals surface area contributed by atoms with E-state index in [9.17, 15) is 22.4 Å². The highest BCUT2D eigenvalue weighted by molar-refractivity contribution is 5.94. The van der Waals surface area contributed by atoms with Gasteiger partial charge in [0.15, 0.2) is 0 Å². The van der Waals surface area contributed by atoms with E-state index in [0.717, 1.165) is 0 Å². The molecule has 0 bridgehead atoms. The quantitative estimate of drug-likeness (QED) is 0.859. The van der Waals surface area contributed by atoms with Gasteiger partial charge in [-0.2, -0.15) is 13.2 Å². The van der Waals surface area contributed by atoms with E-state index in [1.807, 2.05) is 0 Å². The predicted octanol–water partition coefficient (Wildman–Crippen LogP) is 2.27. The van der Waals surface area contributed by atoms with Gasteiger partial charge >= 0.3 is 6.18 Å². The average Bonchev–Trinajstić information content (AvgIpc) is 2.34. The fourth-order valence-corrected chi connectivity index (χ4v) is 1.59. The Morgan fingerprint density at radius 2 is 2.00 bits per heavy atom. The van der Waals surface area contributed by atoms with E-state index < -0.39 is 29.0 Å². The third-order valence-corrected chi connectivity index (χ3v) is 2.59. The largest absolute Gasteiger partial charge is 0.416 e. The summed E-state index contributed by atoms with van der Waals surface area (Å²) in [6, 6.07) is 1.77. The van der Waals surface area contributed by atoms with Crippen molar-refractivity contribution in [1.82, 2.24) is 4.90 Å². The molecule has 0 saturated carbocycles. The highest BCUT2D eigenvalue weighted by atomic mass is 19.4. The molecule has 1 amide bonds. The molecule has 3 nitrogen and oxygen atoms in total. The first kappa shape index (κ1) is 15.4. The number of nitrogens with two attached hydrogens (primary N) is 1. The van der Waals surface area contributed by atoms with Crippen molar-refractivity contribution in [2.45, 2.75) is 13.1 Å². The zero-order valence-electron chi connectivity index (χ0n) is 10.3. The minimum absolute atomic E-state index is 0.153. The van der Waals surface area contributed by atoms with Crippen molar-refractivity contribution >= 4 is 5.91 Å². The summed E-state index contributed by atoms with van der Waals surface area (Å²) in [5.74, 6) is -1.77. The first-order valence-electron chi connectivity index (χ1n) is 5.67. The number of hydrogen-bond acceptors (Lipinski definition) is 2. The van der Waals surface area contributed by atoms with E-state index in [0.29, 0.717) is 18.2 Å². The van der Waals surface area contributed by atoms with Gasteiger partial charge in [-0.05, 0) is 25.1 Å². The standard InChI is InChI=1S/C12H14F4N2O/c1-2-18(6-5-17)11(19)9-7-8(12(14,15)16)3-4-10(9)13/h3-4,7H,2,5-6,17H2,1H3. The molecule has 0 atom stereocenters. The smallest absolute Gasteiger partial charge is 0.338 e. The fraction of sp³-hybridized carbons (Fsp3) is 0.417. The number of benzene rings is 1. The zero-order valence-corrected chi connectivity index (χ0v) is 10.3. The van der Waals surface area contributed by atoms with E-state index in [1.54, 1.807) is 6.92 Å². The van der Waals surface area contributed by atoms with Gasteiger partial charge in [0.25, 0.3) is 5.91 Å². The van der Waals surface area contributed by atoms with E-state index in [4.69, 9.17) is 5.73 Å². The van der Waals surface area contributed by atoms with Crippen LogP contribution in [0.5, 0.6) is 0 Å². The van der Waals surface area contributed by atoms with Crippen LogP contribution < -0.4 is 5.73 Å². The van der Waals surface area contributed by atoms with Crippen molar-refractivity contribution in [3.05, 3.63) is 35.1 Å². The molecule has 1 rings (SSSR count). The van der Waals surface area contributed by atoms with Crippen LogP contribution >= 0.6 is 0 Å². The number of halogens is 4. The third-order valence-electron chi connectivity index (χ3n) is 2.59. The summed E-state index contributed by atoms with van der Waals surface area (Å²) in [5, 5.41) is 0. The van der Waals surface area contributed by atoms with Crippen LogP contribution in [0.4, 0.5) is 17.6 Å². The van der Waals surface area contributed by atoms with Crippen LogP contribution in [-0.4, -0.2) is 30.4 Å². The molecule has 0 spiro atoms. The lowest BCUT2D eigenvalue weighted by Crippen LogP contribution is -2.35. The van der Waals surface area contributed by atoms with Gasteiger partial charge in [0.2, 0.25) is 0 Å². The van der Waals surface area contributed by atoms with Crippen molar-refractivity contribution in [3.63, 3.8) is 0 Å². The molecular weight excluding hydrogens is 264 g/mol. The van der Waals surface area contributed by atoms with Crippen LogP contribution in [0, 0.1) is 5.82 Å². The Morgan fingerprint density at radius 1 is 1.37 bits per heavy atom. The van der Waals surface area contributed by atoms with Gasteiger partial charge in [-0.3, -0.25) is 4.79 Å². The van der Waals surface area contributed by atoms with E-state index >= 15 is 0 Å². The number of likely N-dealkylation sites (N-methyl/N-ethyl adjacent to an activating group) is 1. The SMILES string of the molecule is CCN(CCN)C(=O)c1cc(C(F)(F)F)ccc1F. The first-order chi connectivity index (χ1) is 8.81. The number of nitrogens with zero attached hydrogens (tertiary/aromatic N) is 1. The fourth-order valence-electron chi connectivity index (χ4n) is 1.59. The number of alkyl halides is 3. The molecule has 0 radical (unpaired) electrons. The molecule has 0 unspecified atom stereocenters. The van der Waals surface area contributed by atoms with Crippen molar-refractivity contribution in [1.29, 1.82) is 0 Å². The molecular formula is C12H14F4N2O. The number of carbonyl (C=O) groups excluding carboxylic acids is 1. The first-order valence-corrected chi connectivity index (χ1v) is 5.67. The van der Waals surface area contributed by atoms with E-state index in [1.165, 1.54) is 4.90 Å². The lowest BCUT2D eigenvalue weighted by molar-refractivity contribution is -0.137. The Morgan fingerprint density at radius 3 is 2.47 bits per heavy atom. The van der Waals surface area contributed by atoms with Crippen molar-refractivity contribution in [3.8, 4) is 0 Å². The molecule has 2 N–H and O–H groups in total. The second kappa shape index (κ2) is 6.01. The minimum Gasteiger partial charge on any atom is -0.338 e. The van der Waals surface area contributed by atoms with Crippen LogP contribution in [0.25, 0.3) is 0 Å². The van der Waals surface area contributed by atoms with Gasteiger partial charge in [-0.15, -0.1) is 0 Å². The maximum absolute atomic E-state index is 13.5. The van der Waals surface area contributed by atoms with Crippen LogP contribution in [0.1, 0.15) is 22.8 Å². The summed E-state index contributed by atoms with van der Waals surface area (Å²) in [7, 11) is 0. The number of amides is 1. The molecule has 0 saturated heterocycles. The molecule has 1 aromatic carbocycles. The summed E-state index contributed by atoms with van der Waals surface area (Å²) in [5.41, 5.74) is 3.64. The lowest BCUT2D eigenvalue weighted by Gasteiger charge is -2.20. The van der Waals surface area contributed by atoms with Crippen LogP contribution in [0.15, 0.2) is 18.2 Å². The number of carbonyl (C=O) groups is 1. The van der Waals surface area contributed by atoms with Crippen molar-refractivity contribution < 1.29 is 22.4 Å². The average molecular weight is 278 g/mol. The van der Waals surface area contributed by atoms with Gasteiger partial charge in [-0.25, -0.2) is 4.39 Å². The molecule has 106 valence electrons. The van der Waals surface area contributed by atoms with E-state index in [2.05, 4.69) is 0 Å². The normalized spacial score (nSPS) is 11.5. The van der Waals surface area contributed by atoms with E-state index in [-0.39, 0.29) is 19.6 Å². The van der Waals surface area contributed by atoms with Crippen molar-refractivity contribution in [2.24, 2.45) is 5.73 Å². The van der Waals surface area contributed by atoms with Gasteiger partial charge in [0, 0.05) is 19.6 Å². The highest BCUT2D eigenvalue weighted by Crippen LogP contribution is 2.30. The zero-order chi connectivity index (χ0) is 14.6. The highest BCUT2D eigenvalue weighted by Gasteiger charge is 2.32. The van der Waals surface area contributed by atoms with Crippen LogP contribution in [0.3, 0.4) is 0 Å². The molecule has 0 aliphatic rings. The molecule has 0 aliphatic heterocycles. The molecule has 19 heavy (non-hydrogen) atoms. The third kappa shape index (κ3) is 3.66. The summed E-state index contributed by atoms with van der Waals surface area (Å²) in [6.07, 6.45) is -4.62. The van der Waals surface area contributed by atoms with Crippen LogP contribution in [0.2, 0.25) is 0 Å². The maximum Gasteiger partial charge on any atom is 0.416 e. The topological polar surface area (TPSA) is 46.3 Å². The lowest BCUT2D eigenvalue weighted by atomic mass is 10.1. The Balaban J connectivity index is 3.15. The predicted molar refractivity (Wildman–Crippen MR) is 62.0 cm³/mol. The summed E-state index contributed by atoms with van der Waals surface area (Å²) in [6.45, 7) is 2.19. The van der Waals surface area contributed by atoms with Gasteiger partial charge in [0.1, 0.15) is 5.82 Å². The minimum atomic E-state index is -4.62. The summed E-state index contributed by atoms with van der Waals surface area (Å²) < 4.78 is 51.1. The molecule has 1 aromatic rings. The number of rotatable bonds is 4. The Bertz CT molecular complexity index is 460. The Kier molecular flexibility index (Phi) is 4.88. The molecule has 7 heteroatoms. The second-order valence-electron chi connectivity index (χ2n) is 3.87. The van der Waals surface area contributed by atoms with Gasteiger partial charge in [0.05, 0.1) is 11.1 Å². The van der Waals surface area contributed by atoms with Crippen LogP contribution in [-0.2, 0) is 6.18 Å². The molecule has 0 aliphatic carbocycles. The molecule has 0 heterocycles. The molecule has 0 aromatic heterocycles. The number of hydrogen-bond donors (Lipinski definition) is 1. The Hall–Kier alpha value is -1.63.